The van der Waals surface area contributed by atoms with E-state index in [2.05, 4.69) is 0 Å². The van der Waals surface area contributed by atoms with E-state index in [1.165, 1.54) is 18.0 Å². The minimum absolute atomic E-state index is 0.0838. The molecule has 0 bridgehead atoms. The molecule has 1 fully saturated rings. The molecule has 1 N–H and O–H groups in total. The molecule has 1 heterocycles. The molecule has 1 aliphatic heterocycles. The van der Waals surface area contributed by atoms with E-state index in [9.17, 15) is 24.3 Å². The number of likely N-dealkylation sites (tertiary alicyclic amines) is 1. The maximum atomic E-state index is 13.1. The first kappa shape index (κ1) is 19.7. The van der Waals surface area contributed by atoms with E-state index in [-0.39, 0.29) is 41.5 Å². The number of carbonyl (C=O) groups excluding carboxylic acids is 4. The number of imide groups is 1. The number of benzene rings is 1. The standard InChI is InChI=1S/C25H23NO5/c1-11-5-4-6-14(22(11)28)19-13-7-8-15-20(25(31)26(3)24(15)30)16(13)10-17-21(19)18(27)9-12(2)23(17)29/h4-7,9,15-16,19-20,28H,8,10H2,1-3H3/t15-,16+,19+,20-/m0/s1. The van der Waals surface area contributed by atoms with Crippen LogP contribution in [-0.2, 0) is 19.2 Å². The second-order valence-corrected chi connectivity index (χ2v) is 8.98. The van der Waals surface area contributed by atoms with E-state index in [0.717, 1.165) is 5.57 Å². The number of fused-ring (bicyclic) bond motifs is 3. The van der Waals surface area contributed by atoms with E-state index in [0.29, 0.717) is 34.3 Å². The molecule has 6 heteroatoms. The summed E-state index contributed by atoms with van der Waals surface area (Å²) in [6.07, 6.45) is 3.99. The summed E-state index contributed by atoms with van der Waals surface area (Å²) in [4.78, 5) is 53.0. The molecule has 158 valence electrons. The van der Waals surface area contributed by atoms with Gasteiger partial charge in [0.2, 0.25) is 11.8 Å². The van der Waals surface area contributed by atoms with Crippen LogP contribution in [0.25, 0.3) is 0 Å². The number of hydrogen-bond acceptors (Lipinski definition) is 5. The number of allylic oxidation sites excluding steroid dienone is 6. The zero-order valence-electron chi connectivity index (χ0n) is 17.6. The van der Waals surface area contributed by atoms with Gasteiger partial charge in [-0.15, -0.1) is 0 Å². The van der Waals surface area contributed by atoms with Crippen molar-refractivity contribution in [1.29, 1.82) is 0 Å². The van der Waals surface area contributed by atoms with Gasteiger partial charge >= 0.3 is 0 Å². The van der Waals surface area contributed by atoms with Crippen LogP contribution >= 0.6 is 0 Å². The Morgan fingerprint density at radius 2 is 1.77 bits per heavy atom. The molecular formula is C25H23NO5. The molecule has 0 spiro atoms. The summed E-state index contributed by atoms with van der Waals surface area (Å²) < 4.78 is 0. The van der Waals surface area contributed by atoms with Crippen molar-refractivity contribution in [1.82, 2.24) is 4.90 Å². The van der Waals surface area contributed by atoms with Gasteiger partial charge in [0.05, 0.1) is 11.8 Å². The zero-order chi connectivity index (χ0) is 22.2. The number of aromatic hydroxyl groups is 1. The Kier molecular flexibility index (Phi) is 4.19. The lowest BCUT2D eigenvalue weighted by Gasteiger charge is -2.42. The van der Waals surface area contributed by atoms with Crippen molar-refractivity contribution in [2.24, 2.45) is 17.8 Å². The second kappa shape index (κ2) is 6.61. The van der Waals surface area contributed by atoms with Crippen molar-refractivity contribution >= 4 is 23.4 Å². The number of Topliss-reactive ketones (excluding diaryl/α,β-unsaturated/α-hetero) is 1. The van der Waals surface area contributed by atoms with Gasteiger partial charge in [0.25, 0.3) is 0 Å². The first-order chi connectivity index (χ1) is 14.7. The maximum absolute atomic E-state index is 13.1. The highest BCUT2D eigenvalue weighted by Crippen LogP contribution is 2.56. The molecule has 2 amide bonds. The maximum Gasteiger partial charge on any atom is 0.233 e. The molecule has 0 unspecified atom stereocenters. The number of aryl methyl sites for hydroxylation is 1. The van der Waals surface area contributed by atoms with Gasteiger partial charge in [-0.05, 0) is 44.2 Å². The van der Waals surface area contributed by atoms with Gasteiger partial charge in [0.15, 0.2) is 11.6 Å². The van der Waals surface area contributed by atoms with Crippen molar-refractivity contribution in [2.45, 2.75) is 32.6 Å². The highest BCUT2D eigenvalue weighted by molar-refractivity contribution is 6.23. The van der Waals surface area contributed by atoms with E-state index in [1.807, 2.05) is 12.1 Å². The van der Waals surface area contributed by atoms with Crippen molar-refractivity contribution in [3.8, 4) is 5.75 Å². The largest absolute Gasteiger partial charge is 0.507 e. The summed E-state index contributed by atoms with van der Waals surface area (Å²) in [5, 5.41) is 10.9. The lowest BCUT2D eigenvalue weighted by molar-refractivity contribution is -0.138. The normalized spacial score (nSPS) is 30.1. The first-order valence-corrected chi connectivity index (χ1v) is 10.5. The Morgan fingerprint density at radius 1 is 1.03 bits per heavy atom. The number of phenolic OH excluding ortho intramolecular Hbond substituents is 1. The molecule has 0 aromatic heterocycles. The van der Waals surface area contributed by atoms with Crippen molar-refractivity contribution < 1.29 is 24.3 Å². The van der Waals surface area contributed by atoms with Crippen molar-refractivity contribution in [2.75, 3.05) is 7.05 Å². The third kappa shape index (κ3) is 2.57. The molecule has 1 aromatic rings. The molecule has 0 saturated carbocycles. The topological polar surface area (TPSA) is 91.8 Å². The quantitative estimate of drug-likeness (QED) is 0.431. The van der Waals surface area contributed by atoms with Gasteiger partial charge in [-0.25, -0.2) is 0 Å². The van der Waals surface area contributed by atoms with E-state index in [4.69, 9.17) is 0 Å². The third-order valence-electron chi connectivity index (χ3n) is 7.36. The highest BCUT2D eigenvalue weighted by atomic mass is 16.3. The smallest absolute Gasteiger partial charge is 0.233 e. The van der Waals surface area contributed by atoms with Crippen LogP contribution in [0, 0.1) is 24.7 Å². The third-order valence-corrected chi connectivity index (χ3v) is 7.36. The Morgan fingerprint density at radius 3 is 2.52 bits per heavy atom. The summed E-state index contributed by atoms with van der Waals surface area (Å²) in [5.41, 5.74) is 3.26. The average Bonchev–Trinajstić information content (AvgIpc) is 2.97. The summed E-state index contributed by atoms with van der Waals surface area (Å²) in [6, 6.07) is 5.37. The lowest BCUT2D eigenvalue weighted by atomic mass is 9.59. The summed E-state index contributed by atoms with van der Waals surface area (Å²) in [6.45, 7) is 3.40. The number of phenols is 1. The first-order valence-electron chi connectivity index (χ1n) is 10.5. The fraction of sp³-hybridized carbons (Fsp3) is 0.360. The number of rotatable bonds is 1. The second-order valence-electron chi connectivity index (χ2n) is 8.98. The minimum Gasteiger partial charge on any atom is -0.507 e. The number of nitrogens with zero attached hydrogens (tertiary/aromatic N) is 1. The number of amides is 2. The monoisotopic (exact) mass is 417 g/mol. The molecule has 4 atom stereocenters. The fourth-order valence-corrected chi connectivity index (χ4v) is 5.81. The van der Waals surface area contributed by atoms with Gasteiger partial charge in [-0.1, -0.05) is 29.8 Å². The predicted molar refractivity (Wildman–Crippen MR) is 112 cm³/mol. The van der Waals surface area contributed by atoms with Gasteiger partial charge < -0.3 is 5.11 Å². The molecule has 0 radical (unpaired) electrons. The average molecular weight is 417 g/mol. The van der Waals surface area contributed by atoms with Gasteiger partial charge in [-0.3, -0.25) is 24.1 Å². The minimum atomic E-state index is -0.607. The molecule has 6 nitrogen and oxygen atoms in total. The molecule has 1 saturated heterocycles. The van der Waals surface area contributed by atoms with Crippen LogP contribution in [0.3, 0.4) is 0 Å². The molecule has 1 aromatic carbocycles. The molecule has 31 heavy (non-hydrogen) atoms. The van der Waals surface area contributed by atoms with E-state index in [1.54, 1.807) is 26.0 Å². The van der Waals surface area contributed by atoms with E-state index < -0.39 is 17.8 Å². The lowest BCUT2D eigenvalue weighted by Crippen LogP contribution is -2.39. The van der Waals surface area contributed by atoms with Crippen LogP contribution in [0.4, 0.5) is 0 Å². The highest BCUT2D eigenvalue weighted by Gasteiger charge is 2.55. The fourth-order valence-electron chi connectivity index (χ4n) is 5.81. The van der Waals surface area contributed by atoms with E-state index >= 15 is 0 Å². The number of para-hydroxylation sites is 1. The molecule has 3 aliphatic carbocycles. The van der Waals surface area contributed by atoms with Crippen LogP contribution < -0.4 is 0 Å². The summed E-state index contributed by atoms with van der Waals surface area (Å²) >= 11 is 0. The van der Waals surface area contributed by atoms with Crippen LogP contribution in [0.5, 0.6) is 5.75 Å². The van der Waals surface area contributed by atoms with Crippen molar-refractivity contribution in [3.05, 3.63) is 63.8 Å². The van der Waals surface area contributed by atoms with Crippen LogP contribution in [0.2, 0.25) is 0 Å². The Bertz CT molecular complexity index is 1180. The van der Waals surface area contributed by atoms with Crippen LogP contribution in [0.15, 0.2) is 52.6 Å². The van der Waals surface area contributed by atoms with Crippen LogP contribution in [0.1, 0.15) is 36.8 Å². The summed E-state index contributed by atoms with van der Waals surface area (Å²) in [7, 11) is 1.50. The number of carbonyl (C=O) groups is 4. The number of ketones is 2. The van der Waals surface area contributed by atoms with Gasteiger partial charge in [0, 0.05) is 35.2 Å². The predicted octanol–water partition coefficient (Wildman–Crippen LogP) is 2.76. The van der Waals surface area contributed by atoms with Gasteiger partial charge in [0.1, 0.15) is 5.75 Å². The Hall–Kier alpha value is -3.28. The molecule has 5 rings (SSSR count). The SMILES string of the molecule is CC1=CC(=O)C2=C(C[C@@H]3C(=CC[C@@H]4C(=O)N(C)C(=O)[C@@H]43)[C@@H]2c2cccc(C)c2O)C1=O. The Labute approximate surface area is 179 Å². The molecular weight excluding hydrogens is 394 g/mol. The number of hydrogen-bond donors (Lipinski definition) is 1. The zero-order valence-corrected chi connectivity index (χ0v) is 17.6. The van der Waals surface area contributed by atoms with Crippen LogP contribution in [-0.4, -0.2) is 40.4 Å². The Balaban J connectivity index is 1.75. The van der Waals surface area contributed by atoms with Gasteiger partial charge in [-0.2, -0.15) is 0 Å². The summed E-state index contributed by atoms with van der Waals surface area (Å²) in [5.74, 6) is -2.72. The van der Waals surface area contributed by atoms with Crippen molar-refractivity contribution in [3.63, 3.8) is 0 Å². The molecule has 4 aliphatic rings.